The van der Waals surface area contributed by atoms with Gasteiger partial charge in [-0.2, -0.15) is 8.42 Å². The van der Waals surface area contributed by atoms with Crippen molar-refractivity contribution in [2.24, 2.45) is 0 Å². The molecule has 1 N–H and O–H groups in total. The maximum absolute atomic E-state index is 12.3. The first-order valence-corrected chi connectivity index (χ1v) is 4.57. The van der Waals surface area contributed by atoms with Crippen LogP contribution in [0, 0.1) is 0 Å². The van der Waals surface area contributed by atoms with Crippen LogP contribution in [0.25, 0.3) is 0 Å². The Bertz CT molecular complexity index is 438. The maximum Gasteiger partial charge on any atom is 0.335 e. The predicted molar refractivity (Wildman–Crippen MR) is 41.7 cm³/mol. The van der Waals surface area contributed by atoms with Gasteiger partial charge in [-0.1, -0.05) is 6.07 Å². The minimum Gasteiger partial charge on any atom is -0.478 e. The standard InChI is InChI=1S/C7H5FO4S/c8-13(11,12)6-3-1-2-5(4-6)7(9)10/h1-4H,(H,9,10). The van der Waals surface area contributed by atoms with E-state index < -0.39 is 21.1 Å². The topological polar surface area (TPSA) is 71.4 Å². The number of carboxylic acid groups (broad SMARTS) is 1. The van der Waals surface area contributed by atoms with Gasteiger partial charge in [0, 0.05) is 0 Å². The van der Waals surface area contributed by atoms with E-state index in [0.717, 1.165) is 18.2 Å². The molecule has 70 valence electrons. The van der Waals surface area contributed by atoms with E-state index in [1.165, 1.54) is 6.07 Å². The molecule has 0 saturated heterocycles. The Morgan fingerprint density at radius 1 is 1.38 bits per heavy atom. The summed E-state index contributed by atoms with van der Waals surface area (Å²) < 4.78 is 33.0. The molecule has 0 amide bonds. The minimum atomic E-state index is -4.82. The fourth-order valence-electron chi connectivity index (χ4n) is 0.781. The fraction of sp³-hybridized carbons (Fsp3) is 0. The van der Waals surface area contributed by atoms with E-state index in [-0.39, 0.29) is 5.56 Å². The summed E-state index contributed by atoms with van der Waals surface area (Å²) >= 11 is 0. The molecular weight excluding hydrogens is 199 g/mol. The molecule has 0 fully saturated rings. The van der Waals surface area contributed by atoms with Gasteiger partial charge in [0.05, 0.1) is 10.5 Å². The Hall–Kier alpha value is -1.43. The lowest BCUT2D eigenvalue weighted by Gasteiger charge is -1.96. The summed E-state index contributed by atoms with van der Waals surface area (Å²) in [7, 11) is -4.82. The van der Waals surface area contributed by atoms with Crippen LogP contribution in [0.2, 0.25) is 0 Å². The monoisotopic (exact) mass is 204 g/mol. The van der Waals surface area contributed by atoms with Crippen molar-refractivity contribution < 1.29 is 22.2 Å². The zero-order valence-electron chi connectivity index (χ0n) is 6.27. The van der Waals surface area contributed by atoms with Gasteiger partial charge in [-0.25, -0.2) is 4.79 Å². The van der Waals surface area contributed by atoms with Crippen molar-refractivity contribution >= 4 is 16.2 Å². The molecule has 0 unspecified atom stereocenters. The molecule has 0 heterocycles. The molecular formula is C7H5FO4S. The zero-order valence-corrected chi connectivity index (χ0v) is 7.08. The van der Waals surface area contributed by atoms with Crippen LogP contribution in [-0.2, 0) is 10.2 Å². The van der Waals surface area contributed by atoms with Crippen molar-refractivity contribution in [1.82, 2.24) is 0 Å². The van der Waals surface area contributed by atoms with Crippen LogP contribution in [0.4, 0.5) is 3.89 Å². The lowest BCUT2D eigenvalue weighted by atomic mass is 10.2. The largest absolute Gasteiger partial charge is 0.478 e. The maximum atomic E-state index is 12.3. The van der Waals surface area contributed by atoms with Gasteiger partial charge in [0.25, 0.3) is 0 Å². The second-order valence-electron chi connectivity index (χ2n) is 2.27. The van der Waals surface area contributed by atoms with E-state index in [1.54, 1.807) is 0 Å². The van der Waals surface area contributed by atoms with Crippen LogP contribution >= 0.6 is 0 Å². The van der Waals surface area contributed by atoms with Crippen molar-refractivity contribution in [3.8, 4) is 0 Å². The van der Waals surface area contributed by atoms with Crippen molar-refractivity contribution in [3.05, 3.63) is 29.8 Å². The van der Waals surface area contributed by atoms with Crippen molar-refractivity contribution in [3.63, 3.8) is 0 Å². The lowest BCUT2D eigenvalue weighted by molar-refractivity contribution is 0.0696. The summed E-state index contributed by atoms with van der Waals surface area (Å²) in [6, 6.07) is 4.09. The highest BCUT2D eigenvalue weighted by molar-refractivity contribution is 7.86. The van der Waals surface area contributed by atoms with E-state index in [4.69, 9.17) is 5.11 Å². The van der Waals surface area contributed by atoms with Gasteiger partial charge in [0.2, 0.25) is 0 Å². The molecule has 1 aromatic rings. The highest BCUT2D eigenvalue weighted by atomic mass is 32.3. The molecule has 4 nitrogen and oxygen atoms in total. The van der Waals surface area contributed by atoms with Gasteiger partial charge >= 0.3 is 16.2 Å². The van der Waals surface area contributed by atoms with Crippen LogP contribution in [-0.4, -0.2) is 19.5 Å². The molecule has 0 aromatic heterocycles. The van der Waals surface area contributed by atoms with Crippen LogP contribution in [0.3, 0.4) is 0 Å². The average Bonchev–Trinajstić information content (AvgIpc) is 2.03. The van der Waals surface area contributed by atoms with Crippen LogP contribution < -0.4 is 0 Å². The summed E-state index contributed by atoms with van der Waals surface area (Å²) in [5, 5.41) is 8.46. The normalized spacial score (nSPS) is 11.2. The molecule has 0 aliphatic rings. The molecule has 0 spiro atoms. The molecule has 0 radical (unpaired) electrons. The van der Waals surface area contributed by atoms with Gasteiger partial charge in [-0.3, -0.25) is 0 Å². The molecule has 1 aromatic carbocycles. The van der Waals surface area contributed by atoms with E-state index in [9.17, 15) is 17.1 Å². The highest BCUT2D eigenvalue weighted by Crippen LogP contribution is 2.13. The Labute approximate surface area is 73.8 Å². The van der Waals surface area contributed by atoms with Crippen LogP contribution in [0.1, 0.15) is 10.4 Å². The smallest absolute Gasteiger partial charge is 0.335 e. The number of carboxylic acids is 1. The number of rotatable bonds is 2. The third-order valence-electron chi connectivity index (χ3n) is 1.36. The number of carbonyl (C=O) groups is 1. The van der Waals surface area contributed by atoms with Gasteiger partial charge in [0.1, 0.15) is 0 Å². The van der Waals surface area contributed by atoms with Crippen LogP contribution in [0.15, 0.2) is 29.2 Å². The third kappa shape index (κ3) is 2.25. The summed E-state index contributed by atoms with van der Waals surface area (Å²) in [5.41, 5.74) is -0.265. The van der Waals surface area contributed by atoms with Crippen molar-refractivity contribution in [2.75, 3.05) is 0 Å². The number of benzene rings is 1. The highest BCUT2D eigenvalue weighted by Gasteiger charge is 2.13. The molecule has 0 aliphatic heterocycles. The fourth-order valence-corrected chi connectivity index (χ4v) is 1.29. The number of halogens is 1. The number of hydrogen-bond acceptors (Lipinski definition) is 3. The third-order valence-corrected chi connectivity index (χ3v) is 2.18. The molecule has 13 heavy (non-hydrogen) atoms. The molecule has 1 rings (SSSR count). The Morgan fingerprint density at radius 2 is 2.00 bits per heavy atom. The Kier molecular flexibility index (Phi) is 2.33. The van der Waals surface area contributed by atoms with Gasteiger partial charge in [-0.05, 0) is 18.2 Å². The first kappa shape index (κ1) is 9.66. The van der Waals surface area contributed by atoms with Crippen molar-refractivity contribution in [2.45, 2.75) is 4.90 Å². The van der Waals surface area contributed by atoms with Crippen molar-refractivity contribution in [1.29, 1.82) is 0 Å². The van der Waals surface area contributed by atoms with E-state index in [0.29, 0.717) is 0 Å². The van der Waals surface area contributed by atoms with Gasteiger partial charge in [0.15, 0.2) is 0 Å². The SMILES string of the molecule is O=C(O)c1cccc(S(=O)(=O)F)c1. The van der Waals surface area contributed by atoms with E-state index >= 15 is 0 Å². The van der Waals surface area contributed by atoms with E-state index in [1.807, 2.05) is 0 Å². The molecule has 0 aliphatic carbocycles. The zero-order chi connectivity index (χ0) is 10.1. The summed E-state index contributed by atoms with van der Waals surface area (Å²) in [5.74, 6) is -1.30. The predicted octanol–water partition coefficient (Wildman–Crippen LogP) is 1.04. The number of aromatic carboxylic acids is 1. The summed E-state index contributed by atoms with van der Waals surface area (Å²) in [6.45, 7) is 0. The van der Waals surface area contributed by atoms with E-state index in [2.05, 4.69) is 0 Å². The Morgan fingerprint density at radius 3 is 2.46 bits per heavy atom. The van der Waals surface area contributed by atoms with Crippen LogP contribution in [0.5, 0.6) is 0 Å². The summed E-state index contributed by atoms with van der Waals surface area (Å²) in [6.07, 6.45) is 0. The molecule has 6 heteroatoms. The first-order chi connectivity index (χ1) is 5.91. The second kappa shape index (κ2) is 3.14. The average molecular weight is 204 g/mol. The summed E-state index contributed by atoms with van der Waals surface area (Å²) in [4.78, 5) is 9.72. The number of hydrogen-bond donors (Lipinski definition) is 1. The first-order valence-electron chi connectivity index (χ1n) is 3.19. The molecule has 0 atom stereocenters. The lowest BCUT2D eigenvalue weighted by Crippen LogP contribution is -1.99. The minimum absolute atomic E-state index is 0.265. The second-order valence-corrected chi connectivity index (χ2v) is 3.62. The Balaban J connectivity index is 3.29. The van der Waals surface area contributed by atoms with Gasteiger partial charge in [-0.15, -0.1) is 3.89 Å². The quantitative estimate of drug-likeness (QED) is 0.730. The molecule has 0 bridgehead atoms. The molecule has 0 saturated carbocycles. The van der Waals surface area contributed by atoms with Gasteiger partial charge < -0.3 is 5.11 Å².